The van der Waals surface area contributed by atoms with E-state index in [4.69, 9.17) is 4.74 Å². The Morgan fingerprint density at radius 2 is 1.95 bits per heavy atom. The summed E-state index contributed by atoms with van der Waals surface area (Å²) in [5.41, 5.74) is -0.492. The van der Waals surface area contributed by atoms with Crippen molar-refractivity contribution in [3.05, 3.63) is 0 Å². The molecule has 2 unspecified atom stereocenters. The van der Waals surface area contributed by atoms with Gasteiger partial charge in [0, 0.05) is 6.04 Å². The van der Waals surface area contributed by atoms with E-state index in [-0.39, 0.29) is 30.0 Å². The number of rotatable bonds is 5. The summed E-state index contributed by atoms with van der Waals surface area (Å²) in [6.07, 6.45) is 2.58. The van der Waals surface area contributed by atoms with E-state index in [0.29, 0.717) is 0 Å². The summed E-state index contributed by atoms with van der Waals surface area (Å²) in [4.78, 5) is 26.5. The quantitative estimate of drug-likeness (QED) is 0.790. The predicted molar refractivity (Wildman–Crippen MR) is 82.9 cm³/mol. The number of hydrogen-bond donors (Lipinski definition) is 1. The number of esters is 1. The highest BCUT2D eigenvalue weighted by molar-refractivity contribution is 5.83. The number of nitrogens with one attached hydrogen (secondary N) is 1. The molecule has 1 saturated heterocycles. The van der Waals surface area contributed by atoms with Crippen molar-refractivity contribution in [1.29, 1.82) is 0 Å². The minimum Gasteiger partial charge on any atom is -0.459 e. The van der Waals surface area contributed by atoms with Crippen molar-refractivity contribution in [1.82, 2.24) is 10.2 Å². The molecule has 5 heteroatoms. The molecular formula is C16H30N2O3. The van der Waals surface area contributed by atoms with Gasteiger partial charge in [0.15, 0.2) is 0 Å². The highest BCUT2D eigenvalue weighted by Crippen LogP contribution is 2.23. The maximum absolute atomic E-state index is 12.3. The van der Waals surface area contributed by atoms with E-state index in [1.165, 1.54) is 0 Å². The Morgan fingerprint density at radius 1 is 1.33 bits per heavy atom. The molecular weight excluding hydrogens is 268 g/mol. The number of ether oxygens (including phenoxy) is 1. The average Bonchev–Trinajstić information content (AvgIpc) is 2.84. The summed E-state index contributed by atoms with van der Waals surface area (Å²) in [5, 5.41) is 2.98. The second kappa shape index (κ2) is 7.25. The molecule has 1 N–H and O–H groups in total. The van der Waals surface area contributed by atoms with Crippen LogP contribution in [0.3, 0.4) is 0 Å². The van der Waals surface area contributed by atoms with Gasteiger partial charge in [-0.25, -0.2) is 0 Å². The van der Waals surface area contributed by atoms with Crippen molar-refractivity contribution in [2.45, 2.75) is 84.5 Å². The summed E-state index contributed by atoms with van der Waals surface area (Å²) < 4.78 is 5.47. The van der Waals surface area contributed by atoms with E-state index in [1.54, 1.807) is 0 Å². The standard InChI is InChI=1S/C16H30N2O3/c1-7-11(2)17-14(19)12(3)18-10-8-9-13(18)15(20)21-16(4,5)6/h11-13H,7-10H2,1-6H3,(H,17,19)/t11?,12?,13-/m1/s1. The molecule has 0 aromatic heterocycles. The van der Waals surface area contributed by atoms with Gasteiger partial charge in [0.25, 0.3) is 0 Å². The van der Waals surface area contributed by atoms with Gasteiger partial charge < -0.3 is 10.1 Å². The Labute approximate surface area is 128 Å². The second-order valence-corrected chi connectivity index (χ2v) is 6.92. The van der Waals surface area contributed by atoms with Gasteiger partial charge in [0.2, 0.25) is 5.91 Å². The third-order valence-electron chi connectivity index (χ3n) is 3.85. The summed E-state index contributed by atoms with van der Waals surface area (Å²) >= 11 is 0. The zero-order valence-corrected chi connectivity index (χ0v) is 14.2. The number of hydrogen-bond acceptors (Lipinski definition) is 4. The Bertz CT molecular complexity index is 376. The first-order valence-corrected chi connectivity index (χ1v) is 7.94. The van der Waals surface area contributed by atoms with Gasteiger partial charge in [-0.05, 0) is 60.4 Å². The van der Waals surface area contributed by atoms with E-state index < -0.39 is 5.60 Å². The predicted octanol–water partition coefficient (Wildman–Crippen LogP) is 2.10. The minimum atomic E-state index is -0.492. The molecule has 0 saturated carbocycles. The van der Waals surface area contributed by atoms with Crippen molar-refractivity contribution in [2.75, 3.05) is 6.54 Å². The van der Waals surface area contributed by atoms with Crippen LogP contribution in [0, 0.1) is 0 Å². The molecule has 1 aliphatic heterocycles. The Balaban J connectivity index is 2.68. The largest absolute Gasteiger partial charge is 0.459 e. The molecule has 0 aliphatic carbocycles. The lowest BCUT2D eigenvalue weighted by molar-refractivity contribution is -0.161. The first-order valence-electron chi connectivity index (χ1n) is 7.94. The zero-order valence-electron chi connectivity index (χ0n) is 14.2. The minimum absolute atomic E-state index is 0.0141. The molecule has 0 aromatic carbocycles. The van der Waals surface area contributed by atoms with E-state index in [1.807, 2.05) is 46.4 Å². The van der Waals surface area contributed by atoms with Gasteiger partial charge in [0.05, 0.1) is 6.04 Å². The Morgan fingerprint density at radius 3 is 2.48 bits per heavy atom. The lowest BCUT2D eigenvalue weighted by atomic mass is 10.1. The van der Waals surface area contributed by atoms with Crippen LogP contribution in [0.1, 0.15) is 60.8 Å². The summed E-state index contributed by atoms with van der Waals surface area (Å²) in [7, 11) is 0. The highest BCUT2D eigenvalue weighted by Gasteiger charge is 2.38. The van der Waals surface area contributed by atoms with Crippen LogP contribution >= 0.6 is 0 Å². The van der Waals surface area contributed by atoms with Crippen LogP contribution in [0.15, 0.2) is 0 Å². The lowest BCUT2D eigenvalue weighted by Gasteiger charge is -2.31. The number of carbonyl (C=O) groups is 2. The highest BCUT2D eigenvalue weighted by atomic mass is 16.6. The molecule has 0 radical (unpaired) electrons. The Kier molecular flexibility index (Phi) is 6.20. The second-order valence-electron chi connectivity index (χ2n) is 6.92. The van der Waals surface area contributed by atoms with Crippen molar-refractivity contribution < 1.29 is 14.3 Å². The van der Waals surface area contributed by atoms with Crippen molar-refractivity contribution in [3.8, 4) is 0 Å². The van der Waals surface area contributed by atoms with Crippen LogP contribution in [0.25, 0.3) is 0 Å². The fourth-order valence-corrected chi connectivity index (χ4v) is 2.49. The van der Waals surface area contributed by atoms with Gasteiger partial charge in [-0.3, -0.25) is 14.5 Å². The fraction of sp³-hybridized carbons (Fsp3) is 0.875. The maximum Gasteiger partial charge on any atom is 0.323 e. The summed E-state index contributed by atoms with van der Waals surface area (Å²) in [5.74, 6) is -0.233. The summed E-state index contributed by atoms with van der Waals surface area (Å²) in [6.45, 7) is 12.2. The average molecular weight is 298 g/mol. The van der Waals surface area contributed by atoms with E-state index in [9.17, 15) is 9.59 Å². The number of likely N-dealkylation sites (tertiary alicyclic amines) is 1. The third-order valence-corrected chi connectivity index (χ3v) is 3.85. The van der Waals surface area contributed by atoms with Crippen LogP contribution in [-0.2, 0) is 14.3 Å². The zero-order chi connectivity index (χ0) is 16.2. The number of amides is 1. The molecule has 0 spiro atoms. The number of carbonyl (C=O) groups excluding carboxylic acids is 2. The van der Waals surface area contributed by atoms with Gasteiger partial charge in [-0.1, -0.05) is 6.92 Å². The van der Waals surface area contributed by atoms with E-state index in [0.717, 1.165) is 25.8 Å². The molecule has 122 valence electrons. The molecule has 1 amide bonds. The van der Waals surface area contributed by atoms with Crippen LogP contribution in [0.4, 0.5) is 0 Å². The molecule has 1 rings (SSSR count). The third kappa shape index (κ3) is 5.30. The van der Waals surface area contributed by atoms with Gasteiger partial charge >= 0.3 is 5.97 Å². The van der Waals surface area contributed by atoms with Crippen LogP contribution in [-0.4, -0.2) is 47.0 Å². The molecule has 1 aliphatic rings. The van der Waals surface area contributed by atoms with Gasteiger partial charge in [0.1, 0.15) is 11.6 Å². The van der Waals surface area contributed by atoms with E-state index >= 15 is 0 Å². The van der Waals surface area contributed by atoms with Gasteiger partial charge in [-0.2, -0.15) is 0 Å². The molecule has 0 aromatic rings. The van der Waals surface area contributed by atoms with Crippen molar-refractivity contribution in [2.24, 2.45) is 0 Å². The molecule has 1 fully saturated rings. The first-order chi connectivity index (χ1) is 9.65. The maximum atomic E-state index is 12.3. The van der Waals surface area contributed by atoms with Gasteiger partial charge in [-0.15, -0.1) is 0 Å². The van der Waals surface area contributed by atoms with E-state index in [2.05, 4.69) is 5.32 Å². The monoisotopic (exact) mass is 298 g/mol. The van der Waals surface area contributed by atoms with Crippen molar-refractivity contribution in [3.63, 3.8) is 0 Å². The number of nitrogens with zero attached hydrogens (tertiary/aromatic N) is 1. The SMILES string of the molecule is CCC(C)NC(=O)C(C)N1CCC[C@@H]1C(=O)OC(C)(C)C. The molecule has 3 atom stereocenters. The fourth-order valence-electron chi connectivity index (χ4n) is 2.49. The first kappa shape index (κ1) is 18.0. The van der Waals surface area contributed by atoms with Crippen molar-refractivity contribution >= 4 is 11.9 Å². The molecule has 0 bridgehead atoms. The Hall–Kier alpha value is -1.10. The summed E-state index contributed by atoms with van der Waals surface area (Å²) in [6, 6.07) is -0.455. The van der Waals surface area contributed by atoms with Crippen LogP contribution in [0.5, 0.6) is 0 Å². The lowest BCUT2D eigenvalue weighted by Crippen LogP contribution is -2.52. The van der Waals surface area contributed by atoms with Crippen LogP contribution in [0.2, 0.25) is 0 Å². The smallest absolute Gasteiger partial charge is 0.323 e. The van der Waals surface area contributed by atoms with Crippen LogP contribution < -0.4 is 5.32 Å². The molecule has 5 nitrogen and oxygen atoms in total. The normalized spacial score (nSPS) is 22.7. The molecule has 21 heavy (non-hydrogen) atoms. The molecule has 1 heterocycles. The topological polar surface area (TPSA) is 58.6 Å².